The van der Waals surface area contributed by atoms with Crippen LogP contribution in [0.5, 0.6) is 0 Å². The fraction of sp³-hybridized carbons (Fsp3) is 0.231. The van der Waals surface area contributed by atoms with E-state index < -0.39 is 0 Å². The van der Waals surface area contributed by atoms with Gasteiger partial charge in [0.25, 0.3) is 0 Å². The number of anilines is 1. The molecule has 0 aliphatic rings. The summed E-state index contributed by atoms with van der Waals surface area (Å²) in [7, 11) is 0. The third kappa shape index (κ3) is 2.57. The van der Waals surface area contributed by atoms with Crippen molar-refractivity contribution in [2.45, 2.75) is 13.8 Å². The second kappa shape index (κ2) is 5.46. The van der Waals surface area contributed by atoms with E-state index in [2.05, 4.69) is 26.8 Å². The number of hydrazine groups is 1. The van der Waals surface area contributed by atoms with Gasteiger partial charge in [0.2, 0.25) is 5.96 Å². The first-order valence-electron chi connectivity index (χ1n) is 5.89. The van der Waals surface area contributed by atoms with Crippen LogP contribution in [0.1, 0.15) is 12.6 Å². The van der Waals surface area contributed by atoms with E-state index in [4.69, 9.17) is 5.84 Å². The van der Waals surface area contributed by atoms with Crippen molar-refractivity contribution in [2.75, 3.05) is 11.9 Å². The van der Waals surface area contributed by atoms with Gasteiger partial charge in [0.15, 0.2) is 0 Å². The van der Waals surface area contributed by atoms with E-state index in [0.717, 1.165) is 22.3 Å². The number of aromatic nitrogens is 1. The highest BCUT2D eigenvalue weighted by atomic mass is 15.3. The maximum atomic E-state index is 5.42. The van der Waals surface area contributed by atoms with Crippen LogP contribution in [0.2, 0.25) is 0 Å². The third-order valence-corrected chi connectivity index (χ3v) is 2.57. The van der Waals surface area contributed by atoms with Crippen molar-refractivity contribution >= 4 is 22.5 Å². The maximum Gasteiger partial charge on any atom is 0.210 e. The summed E-state index contributed by atoms with van der Waals surface area (Å²) in [6.07, 6.45) is 0. The summed E-state index contributed by atoms with van der Waals surface area (Å²) in [5, 5.41) is 4.23. The van der Waals surface area contributed by atoms with Gasteiger partial charge >= 0.3 is 0 Å². The van der Waals surface area contributed by atoms with Crippen molar-refractivity contribution < 1.29 is 0 Å². The molecule has 18 heavy (non-hydrogen) atoms. The first kappa shape index (κ1) is 12.3. The Morgan fingerprint density at radius 1 is 1.33 bits per heavy atom. The van der Waals surface area contributed by atoms with Crippen LogP contribution in [0.25, 0.3) is 10.9 Å². The van der Waals surface area contributed by atoms with E-state index in [1.807, 2.05) is 38.1 Å². The molecule has 94 valence electrons. The Morgan fingerprint density at radius 2 is 2.17 bits per heavy atom. The van der Waals surface area contributed by atoms with Gasteiger partial charge in [0.1, 0.15) is 0 Å². The summed E-state index contributed by atoms with van der Waals surface area (Å²) in [5.41, 5.74) is 5.32. The van der Waals surface area contributed by atoms with Crippen LogP contribution in [0.15, 0.2) is 35.3 Å². The second-order valence-electron chi connectivity index (χ2n) is 3.92. The van der Waals surface area contributed by atoms with Gasteiger partial charge in [-0.15, -0.1) is 0 Å². The van der Waals surface area contributed by atoms with Gasteiger partial charge in [-0.25, -0.2) is 5.84 Å². The molecule has 0 aliphatic heterocycles. The zero-order chi connectivity index (χ0) is 13.0. The van der Waals surface area contributed by atoms with Gasteiger partial charge in [-0.2, -0.15) is 0 Å². The van der Waals surface area contributed by atoms with Crippen LogP contribution in [0.3, 0.4) is 0 Å². The summed E-state index contributed by atoms with van der Waals surface area (Å²) in [6, 6.07) is 10.0. The number of nitrogens with two attached hydrogens (primary N) is 1. The number of pyridine rings is 1. The summed E-state index contributed by atoms with van der Waals surface area (Å²) in [6.45, 7) is 4.58. The monoisotopic (exact) mass is 243 g/mol. The Kier molecular flexibility index (Phi) is 3.74. The highest BCUT2D eigenvalue weighted by Crippen LogP contribution is 2.21. The normalized spacial score (nSPS) is 11.6. The maximum absolute atomic E-state index is 5.42. The molecule has 0 radical (unpaired) electrons. The summed E-state index contributed by atoms with van der Waals surface area (Å²) in [5.74, 6) is 5.95. The minimum atomic E-state index is 0.535. The molecule has 5 heteroatoms. The van der Waals surface area contributed by atoms with Crippen LogP contribution < -0.4 is 16.6 Å². The Morgan fingerprint density at radius 3 is 2.89 bits per heavy atom. The fourth-order valence-corrected chi connectivity index (χ4v) is 1.75. The molecule has 0 atom stereocenters. The molecule has 2 rings (SSSR count). The number of para-hydroxylation sites is 1. The van der Waals surface area contributed by atoms with Crippen molar-refractivity contribution in [3.05, 3.63) is 36.0 Å². The molecular formula is C13H17N5. The number of nitrogens with zero attached hydrogens (tertiary/aromatic N) is 2. The van der Waals surface area contributed by atoms with E-state index in [1.54, 1.807) is 0 Å². The average molecular weight is 243 g/mol. The number of benzene rings is 1. The second-order valence-corrected chi connectivity index (χ2v) is 3.92. The largest absolute Gasteiger partial charge is 0.323 e. The molecule has 1 heterocycles. The fourth-order valence-electron chi connectivity index (χ4n) is 1.75. The zero-order valence-corrected chi connectivity index (χ0v) is 10.6. The lowest BCUT2D eigenvalue weighted by Gasteiger charge is -2.11. The first-order chi connectivity index (χ1) is 8.74. The van der Waals surface area contributed by atoms with Crippen LogP contribution in [0.4, 0.5) is 5.69 Å². The Hall–Kier alpha value is -2.14. The quantitative estimate of drug-likeness (QED) is 0.325. The highest BCUT2D eigenvalue weighted by Gasteiger charge is 2.04. The summed E-state index contributed by atoms with van der Waals surface area (Å²) < 4.78 is 0. The Bertz CT molecular complexity index is 577. The van der Waals surface area contributed by atoms with Crippen LogP contribution in [-0.2, 0) is 0 Å². The van der Waals surface area contributed by atoms with E-state index in [0.29, 0.717) is 12.5 Å². The molecule has 1 aromatic heterocycles. The number of rotatable bonds is 2. The Balaban J connectivity index is 2.44. The lowest BCUT2D eigenvalue weighted by Crippen LogP contribution is -2.36. The molecule has 0 bridgehead atoms. The number of hydrogen-bond donors (Lipinski definition) is 3. The molecule has 0 spiro atoms. The van der Waals surface area contributed by atoms with E-state index >= 15 is 0 Å². The molecule has 0 aliphatic carbocycles. The molecule has 4 N–H and O–H groups in total. The van der Waals surface area contributed by atoms with Gasteiger partial charge in [-0.05, 0) is 26.0 Å². The van der Waals surface area contributed by atoms with E-state index in [9.17, 15) is 0 Å². The number of nitrogens with one attached hydrogen (secondary N) is 2. The summed E-state index contributed by atoms with van der Waals surface area (Å²) in [4.78, 5) is 8.75. The lowest BCUT2D eigenvalue weighted by molar-refractivity contribution is 0.986. The highest BCUT2D eigenvalue weighted by molar-refractivity contribution is 6.01. The van der Waals surface area contributed by atoms with Gasteiger partial charge in [0.05, 0.1) is 11.2 Å². The number of aryl methyl sites for hydroxylation is 1. The minimum absolute atomic E-state index is 0.535. The molecule has 5 nitrogen and oxygen atoms in total. The Labute approximate surface area is 106 Å². The predicted octanol–water partition coefficient (Wildman–Crippen LogP) is 1.79. The molecular weight excluding hydrogens is 226 g/mol. The van der Waals surface area contributed by atoms with Crippen molar-refractivity contribution in [2.24, 2.45) is 10.8 Å². The smallest absolute Gasteiger partial charge is 0.210 e. The van der Waals surface area contributed by atoms with Crippen molar-refractivity contribution in [3.8, 4) is 0 Å². The number of hydrogen-bond acceptors (Lipinski definition) is 3. The molecule has 0 fully saturated rings. The predicted molar refractivity (Wildman–Crippen MR) is 75.4 cm³/mol. The van der Waals surface area contributed by atoms with Crippen LogP contribution >= 0.6 is 0 Å². The summed E-state index contributed by atoms with van der Waals surface area (Å²) >= 11 is 0. The van der Waals surface area contributed by atoms with Gasteiger partial charge in [-0.1, -0.05) is 18.2 Å². The number of aliphatic imine (C=N–C) groups is 1. The molecule has 0 unspecified atom stereocenters. The molecule has 1 aromatic carbocycles. The lowest BCUT2D eigenvalue weighted by atomic mass is 10.2. The van der Waals surface area contributed by atoms with Gasteiger partial charge in [-0.3, -0.25) is 15.4 Å². The first-order valence-corrected chi connectivity index (χ1v) is 5.89. The topological polar surface area (TPSA) is 75.3 Å². The van der Waals surface area contributed by atoms with E-state index in [1.165, 1.54) is 0 Å². The molecule has 0 saturated heterocycles. The number of fused-ring (bicyclic) bond motifs is 1. The van der Waals surface area contributed by atoms with Gasteiger partial charge < -0.3 is 5.32 Å². The number of guanidine groups is 1. The van der Waals surface area contributed by atoms with Crippen molar-refractivity contribution in [1.82, 2.24) is 10.4 Å². The van der Waals surface area contributed by atoms with Crippen molar-refractivity contribution in [3.63, 3.8) is 0 Å². The SMILES string of the molecule is CCN=C(NN)Nc1cccc2ccc(C)nc12. The van der Waals surface area contributed by atoms with Crippen molar-refractivity contribution in [1.29, 1.82) is 0 Å². The molecule has 2 aromatic rings. The molecule has 0 saturated carbocycles. The van der Waals surface area contributed by atoms with Crippen LogP contribution in [-0.4, -0.2) is 17.5 Å². The molecule has 0 amide bonds. The average Bonchev–Trinajstić information content (AvgIpc) is 2.38. The van der Waals surface area contributed by atoms with Gasteiger partial charge in [0, 0.05) is 17.6 Å². The third-order valence-electron chi connectivity index (χ3n) is 2.57. The zero-order valence-electron chi connectivity index (χ0n) is 10.6. The standard InChI is InChI=1S/C13H17N5/c1-3-15-13(18-14)17-11-6-4-5-10-8-7-9(2)16-12(10)11/h4-8H,3,14H2,1-2H3,(H2,15,17,18). The van der Waals surface area contributed by atoms with Crippen LogP contribution in [0, 0.1) is 6.92 Å². The minimum Gasteiger partial charge on any atom is -0.323 e. The van der Waals surface area contributed by atoms with E-state index in [-0.39, 0.29) is 0 Å².